The molecular weight excluding hydrogens is 564 g/mol. The molecular formula is C35H57ClN2O5. The van der Waals surface area contributed by atoms with Crippen molar-refractivity contribution in [3.63, 3.8) is 0 Å². The fourth-order valence-electron chi connectivity index (χ4n) is 5.58. The fraction of sp³-hybridized carbons (Fsp3) is 0.657. The molecule has 0 amide bonds. The van der Waals surface area contributed by atoms with E-state index >= 15 is 0 Å². The van der Waals surface area contributed by atoms with E-state index in [9.17, 15) is 10.2 Å². The normalized spacial score (nSPS) is 25.1. The van der Waals surface area contributed by atoms with Gasteiger partial charge >= 0.3 is 0 Å². The molecule has 2 heterocycles. The molecule has 6 N–H and O–H groups in total. The van der Waals surface area contributed by atoms with E-state index in [1.54, 1.807) is 24.3 Å². The summed E-state index contributed by atoms with van der Waals surface area (Å²) in [5.41, 5.74) is 14.5. The highest BCUT2D eigenvalue weighted by molar-refractivity contribution is 6.18. The van der Waals surface area contributed by atoms with Crippen molar-refractivity contribution in [1.82, 2.24) is 0 Å². The van der Waals surface area contributed by atoms with Gasteiger partial charge in [-0.05, 0) is 78.5 Å². The number of ether oxygens (including phenoxy) is 3. The predicted octanol–water partition coefficient (Wildman–Crippen LogP) is 6.74. The minimum atomic E-state index is -0.151. The van der Waals surface area contributed by atoms with Crippen LogP contribution in [0, 0.1) is 10.8 Å². The molecule has 0 spiro atoms. The molecule has 244 valence electrons. The highest BCUT2D eigenvalue weighted by Crippen LogP contribution is 2.44. The van der Waals surface area contributed by atoms with Crippen molar-refractivity contribution in [2.45, 2.75) is 97.3 Å². The number of alkyl halides is 1. The SMILES string of the molecule is CC(C)(c1ccc(O)cc1)c1ccc(O)cc1.CC1(C)CC(N)CC(C)(CN)C1.CCCCOCC1CO1.ClCC1CO1. The summed E-state index contributed by atoms with van der Waals surface area (Å²) in [6.07, 6.45) is 6.66. The zero-order valence-corrected chi connectivity index (χ0v) is 28.0. The Morgan fingerprint density at radius 3 is 1.74 bits per heavy atom. The number of phenols is 2. The average molecular weight is 621 g/mol. The van der Waals surface area contributed by atoms with E-state index in [1.807, 2.05) is 24.3 Å². The minimum absolute atomic E-state index is 0.151. The molecule has 2 aromatic carbocycles. The van der Waals surface area contributed by atoms with Crippen molar-refractivity contribution in [1.29, 1.82) is 0 Å². The van der Waals surface area contributed by atoms with Crippen molar-refractivity contribution in [3.8, 4) is 11.5 Å². The van der Waals surface area contributed by atoms with Gasteiger partial charge < -0.3 is 35.9 Å². The van der Waals surface area contributed by atoms with Gasteiger partial charge in [-0.3, -0.25) is 0 Å². The van der Waals surface area contributed by atoms with Crippen LogP contribution in [0.1, 0.15) is 84.8 Å². The summed E-state index contributed by atoms with van der Waals surface area (Å²) in [6.45, 7) is 17.5. The molecule has 0 aromatic heterocycles. The Morgan fingerprint density at radius 1 is 0.907 bits per heavy atom. The Bertz CT molecular complexity index is 992. The molecule has 7 nitrogen and oxygen atoms in total. The van der Waals surface area contributed by atoms with Crippen LogP contribution < -0.4 is 11.5 Å². The number of halogens is 1. The van der Waals surface area contributed by atoms with Crippen LogP contribution in [0.15, 0.2) is 48.5 Å². The van der Waals surface area contributed by atoms with E-state index in [1.165, 1.54) is 19.3 Å². The molecule has 0 bridgehead atoms. The molecule has 3 aliphatic rings. The number of hydrogen-bond donors (Lipinski definition) is 4. The summed E-state index contributed by atoms with van der Waals surface area (Å²) < 4.78 is 15.0. The van der Waals surface area contributed by atoms with Gasteiger partial charge in [0, 0.05) is 18.1 Å². The summed E-state index contributed by atoms with van der Waals surface area (Å²) in [6, 6.07) is 14.8. The molecule has 2 aromatic rings. The van der Waals surface area contributed by atoms with E-state index in [-0.39, 0.29) is 22.3 Å². The van der Waals surface area contributed by atoms with Gasteiger partial charge in [0.1, 0.15) is 17.6 Å². The number of epoxide rings is 2. The van der Waals surface area contributed by atoms with E-state index in [2.05, 4.69) is 41.5 Å². The second-order valence-electron chi connectivity index (χ2n) is 13.7. The third kappa shape index (κ3) is 14.6. The number of benzene rings is 2. The standard InChI is InChI=1S/C15H16O2.C10H22N2.C7H14O2.C3H5ClO/c1-15(2,11-3-7-13(16)8-4-11)12-5-9-14(17)10-6-12;1-9(2)4-8(12)5-10(3,6-9)7-11;1-2-3-4-8-5-7-6-9-7;4-1-3-2-5-3/h3-10,16-17H,1-2H3;8H,4-7,11-12H2,1-3H3;7H,2-6H2,1H3;3H,1-2H2. The summed E-state index contributed by atoms with van der Waals surface area (Å²) in [7, 11) is 0. The molecule has 8 heteroatoms. The molecule has 4 unspecified atom stereocenters. The lowest BCUT2D eigenvalue weighted by Gasteiger charge is -2.45. The highest BCUT2D eigenvalue weighted by Gasteiger charge is 2.39. The topological polar surface area (TPSA) is 127 Å². The van der Waals surface area contributed by atoms with Crippen LogP contribution in [-0.2, 0) is 19.6 Å². The third-order valence-electron chi connectivity index (χ3n) is 8.07. The highest BCUT2D eigenvalue weighted by atomic mass is 35.5. The van der Waals surface area contributed by atoms with Gasteiger partial charge in [0.05, 0.1) is 31.8 Å². The molecule has 2 saturated heterocycles. The number of hydrogen-bond acceptors (Lipinski definition) is 7. The molecule has 2 aliphatic heterocycles. The van der Waals surface area contributed by atoms with E-state index < -0.39 is 0 Å². The average Bonchev–Trinajstić information content (AvgIpc) is 3.87. The number of phenolic OH excluding ortho intramolecular Hbond substituents is 2. The molecule has 1 saturated carbocycles. The number of unbranched alkanes of at least 4 members (excludes halogenated alkanes) is 1. The Kier molecular flexibility index (Phi) is 15.3. The lowest BCUT2D eigenvalue weighted by Crippen LogP contribution is -2.45. The van der Waals surface area contributed by atoms with Crippen molar-refractivity contribution in [3.05, 3.63) is 59.7 Å². The number of aromatic hydroxyl groups is 2. The Hall–Kier alpha value is -1.87. The number of rotatable bonds is 9. The molecule has 0 radical (unpaired) electrons. The smallest absolute Gasteiger partial charge is 0.115 e. The van der Waals surface area contributed by atoms with E-state index in [0.29, 0.717) is 29.5 Å². The summed E-state index contributed by atoms with van der Waals surface area (Å²) in [5, 5.41) is 18.6. The van der Waals surface area contributed by atoms with Crippen molar-refractivity contribution >= 4 is 11.6 Å². The summed E-state index contributed by atoms with van der Waals surface area (Å²) >= 11 is 5.27. The maximum atomic E-state index is 9.30. The van der Waals surface area contributed by atoms with Gasteiger partial charge in [0.15, 0.2) is 0 Å². The molecule has 5 rings (SSSR count). The quantitative estimate of drug-likeness (QED) is 0.139. The van der Waals surface area contributed by atoms with Crippen LogP contribution in [0.25, 0.3) is 0 Å². The maximum absolute atomic E-state index is 9.30. The Balaban J connectivity index is 0.000000216. The Labute approximate surface area is 265 Å². The van der Waals surface area contributed by atoms with Crippen molar-refractivity contribution in [2.75, 3.05) is 38.9 Å². The summed E-state index contributed by atoms with van der Waals surface area (Å²) in [4.78, 5) is 0. The zero-order valence-electron chi connectivity index (χ0n) is 27.3. The molecule has 1 aliphatic carbocycles. The predicted molar refractivity (Wildman–Crippen MR) is 177 cm³/mol. The maximum Gasteiger partial charge on any atom is 0.115 e. The lowest BCUT2D eigenvalue weighted by atomic mass is 9.63. The number of nitrogens with two attached hydrogens (primary N) is 2. The third-order valence-corrected chi connectivity index (χ3v) is 8.41. The molecule has 43 heavy (non-hydrogen) atoms. The first kappa shape index (κ1) is 37.3. The van der Waals surface area contributed by atoms with Crippen LogP contribution in [0.5, 0.6) is 11.5 Å². The second kappa shape index (κ2) is 17.6. The summed E-state index contributed by atoms with van der Waals surface area (Å²) in [5.74, 6) is 1.21. The zero-order chi connectivity index (χ0) is 32.1. The van der Waals surface area contributed by atoms with E-state index in [0.717, 1.165) is 56.9 Å². The first-order valence-corrected chi connectivity index (χ1v) is 16.2. The first-order valence-electron chi connectivity index (χ1n) is 15.6. The van der Waals surface area contributed by atoms with Gasteiger partial charge in [0.25, 0.3) is 0 Å². The lowest BCUT2D eigenvalue weighted by molar-refractivity contribution is 0.0904. The minimum Gasteiger partial charge on any atom is -0.508 e. The van der Waals surface area contributed by atoms with Crippen LogP contribution in [0.3, 0.4) is 0 Å². The van der Waals surface area contributed by atoms with Crippen molar-refractivity contribution in [2.24, 2.45) is 22.3 Å². The van der Waals surface area contributed by atoms with Crippen LogP contribution in [-0.4, -0.2) is 67.3 Å². The molecule has 3 fully saturated rings. The van der Waals surface area contributed by atoms with Gasteiger partial charge in [-0.15, -0.1) is 11.6 Å². The van der Waals surface area contributed by atoms with Gasteiger partial charge in [0.2, 0.25) is 0 Å². The van der Waals surface area contributed by atoms with Crippen LogP contribution in [0.2, 0.25) is 0 Å². The first-order chi connectivity index (χ1) is 20.2. The monoisotopic (exact) mass is 620 g/mol. The van der Waals surface area contributed by atoms with Gasteiger partial charge in [-0.2, -0.15) is 0 Å². The Morgan fingerprint density at radius 2 is 1.40 bits per heavy atom. The fourth-order valence-corrected chi connectivity index (χ4v) is 5.75. The largest absolute Gasteiger partial charge is 0.508 e. The van der Waals surface area contributed by atoms with Crippen LogP contribution >= 0.6 is 11.6 Å². The van der Waals surface area contributed by atoms with Gasteiger partial charge in [-0.25, -0.2) is 0 Å². The van der Waals surface area contributed by atoms with Gasteiger partial charge in [-0.1, -0.05) is 72.2 Å². The second-order valence-corrected chi connectivity index (χ2v) is 14.0. The van der Waals surface area contributed by atoms with Crippen molar-refractivity contribution < 1.29 is 24.4 Å². The van der Waals surface area contributed by atoms with E-state index in [4.69, 9.17) is 37.3 Å². The molecule has 4 atom stereocenters. The van der Waals surface area contributed by atoms with Crippen LogP contribution in [0.4, 0.5) is 0 Å².